The summed E-state index contributed by atoms with van der Waals surface area (Å²) in [5.41, 5.74) is 0.498. The number of hydrogen-bond acceptors (Lipinski definition) is 4. The predicted molar refractivity (Wildman–Crippen MR) is 87.1 cm³/mol. The van der Waals surface area contributed by atoms with Crippen LogP contribution in [-0.2, 0) is 4.74 Å². The number of halogens is 2. The molecule has 1 aliphatic rings. The molecule has 1 fully saturated rings. The Morgan fingerprint density at radius 3 is 2.83 bits per heavy atom. The smallest absolute Gasteiger partial charge is 0.288 e. The second-order valence-electron chi connectivity index (χ2n) is 5.56. The first kappa shape index (κ1) is 18.2. The van der Waals surface area contributed by atoms with Gasteiger partial charge in [-0.15, -0.1) is 0 Å². The van der Waals surface area contributed by atoms with Crippen LogP contribution >= 0.6 is 11.8 Å². The summed E-state index contributed by atoms with van der Waals surface area (Å²) in [6, 6.07) is 6.26. The second kappa shape index (κ2) is 9.20. The van der Waals surface area contributed by atoms with Crippen LogP contribution in [0.5, 0.6) is 0 Å². The summed E-state index contributed by atoms with van der Waals surface area (Å²) in [5, 5.41) is 2.93. The van der Waals surface area contributed by atoms with Gasteiger partial charge in [-0.25, -0.2) is 0 Å². The summed E-state index contributed by atoms with van der Waals surface area (Å²) in [6.07, 6.45) is 1.06. The van der Waals surface area contributed by atoms with Gasteiger partial charge in [-0.2, -0.15) is 8.78 Å². The van der Waals surface area contributed by atoms with E-state index in [1.54, 1.807) is 31.4 Å². The Morgan fingerprint density at radius 1 is 1.43 bits per heavy atom. The molecule has 128 valence electrons. The normalized spacial score (nSPS) is 18.5. The lowest BCUT2D eigenvalue weighted by atomic mass is 10.1. The van der Waals surface area contributed by atoms with Crippen molar-refractivity contribution in [2.24, 2.45) is 5.92 Å². The number of hydrogen-bond donors (Lipinski definition) is 1. The standard InChI is InChI=1S/C16H22F2N2O2S/c1-22-9-8-20-7-6-12(11-20)10-19-15(21)13-2-4-14(5-3-13)23-16(17)18/h2-5,12,16H,6-11H2,1H3,(H,19,21). The van der Waals surface area contributed by atoms with Gasteiger partial charge in [-0.3, -0.25) is 4.79 Å². The first-order chi connectivity index (χ1) is 11.1. The molecule has 2 rings (SSSR count). The predicted octanol–water partition coefficient (Wildman–Crippen LogP) is 2.70. The van der Waals surface area contributed by atoms with Gasteiger partial charge in [0.2, 0.25) is 0 Å². The maximum Gasteiger partial charge on any atom is 0.288 e. The largest absolute Gasteiger partial charge is 0.383 e. The van der Waals surface area contributed by atoms with E-state index >= 15 is 0 Å². The number of nitrogens with one attached hydrogen (secondary N) is 1. The molecule has 0 saturated carbocycles. The number of carbonyl (C=O) groups is 1. The minimum Gasteiger partial charge on any atom is -0.383 e. The molecule has 1 unspecified atom stereocenters. The highest BCUT2D eigenvalue weighted by Crippen LogP contribution is 2.25. The minimum atomic E-state index is -2.45. The number of carbonyl (C=O) groups excluding carboxylic acids is 1. The van der Waals surface area contributed by atoms with E-state index in [2.05, 4.69) is 10.2 Å². The van der Waals surface area contributed by atoms with Crippen molar-refractivity contribution in [2.45, 2.75) is 17.1 Å². The first-order valence-corrected chi connectivity index (χ1v) is 8.51. The third kappa shape index (κ3) is 6.08. The zero-order valence-corrected chi connectivity index (χ0v) is 14.0. The van der Waals surface area contributed by atoms with Crippen LogP contribution in [-0.4, -0.2) is 56.5 Å². The van der Waals surface area contributed by atoms with Crippen molar-refractivity contribution >= 4 is 17.7 Å². The fraction of sp³-hybridized carbons (Fsp3) is 0.562. The van der Waals surface area contributed by atoms with E-state index in [0.29, 0.717) is 34.7 Å². The number of benzene rings is 1. The van der Waals surface area contributed by atoms with E-state index in [9.17, 15) is 13.6 Å². The molecule has 0 bridgehead atoms. The molecule has 1 aromatic carbocycles. The first-order valence-electron chi connectivity index (χ1n) is 7.63. The summed E-state index contributed by atoms with van der Waals surface area (Å²) >= 11 is 0.478. The van der Waals surface area contributed by atoms with Gasteiger partial charge in [-0.05, 0) is 43.1 Å². The van der Waals surface area contributed by atoms with Crippen LogP contribution in [0.4, 0.5) is 8.78 Å². The molecule has 23 heavy (non-hydrogen) atoms. The van der Waals surface area contributed by atoms with Crippen molar-refractivity contribution in [3.63, 3.8) is 0 Å². The SMILES string of the molecule is COCCN1CCC(CNC(=O)c2ccc(SC(F)F)cc2)C1. The van der Waals surface area contributed by atoms with E-state index in [1.165, 1.54) is 0 Å². The number of alkyl halides is 2. The van der Waals surface area contributed by atoms with Crippen LogP contribution in [0, 0.1) is 5.92 Å². The molecule has 1 N–H and O–H groups in total. The monoisotopic (exact) mass is 344 g/mol. The molecule has 0 spiro atoms. The van der Waals surface area contributed by atoms with Crippen molar-refractivity contribution in [3.8, 4) is 0 Å². The molecule has 1 heterocycles. The Hall–Kier alpha value is -1.18. The number of amides is 1. The van der Waals surface area contributed by atoms with Crippen molar-refractivity contribution in [3.05, 3.63) is 29.8 Å². The summed E-state index contributed by atoms with van der Waals surface area (Å²) in [5.74, 6) is -2.16. The molecule has 0 aromatic heterocycles. The number of likely N-dealkylation sites (tertiary alicyclic amines) is 1. The molecule has 4 nitrogen and oxygen atoms in total. The summed E-state index contributed by atoms with van der Waals surface area (Å²) in [7, 11) is 1.69. The molecule has 7 heteroatoms. The van der Waals surface area contributed by atoms with Crippen LogP contribution in [0.2, 0.25) is 0 Å². The Morgan fingerprint density at radius 2 is 2.17 bits per heavy atom. The van der Waals surface area contributed by atoms with Crippen LogP contribution in [0.3, 0.4) is 0 Å². The summed E-state index contributed by atoms with van der Waals surface area (Å²) in [4.78, 5) is 14.9. The summed E-state index contributed by atoms with van der Waals surface area (Å²) in [6.45, 7) is 4.28. The van der Waals surface area contributed by atoms with Gasteiger partial charge < -0.3 is 15.0 Å². The molecular weight excluding hydrogens is 322 g/mol. The molecule has 1 amide bonds. The average molecular weight is 344 g/mol. The molecule has 1 atom stereocenters. The van der Waals surface area contributed by atoms with E-state index in [0.717, 1.165) is 32.7 Å². The highest BCUT2D eigenvalue weighted by atomic mass is 32.2. The number of nitrogens with zero attached hydrogens (tertiary/aromatic N) is 1. The van der Waals surface area contributed by atoms with Crippen molar-refractivity contribution in [2.75, 3.05) is 39.9 Å². The third-order valence-corrected chi connectivity index (χ3v) is 4.60. The molecule has 1 saturated heterocycles. The van der Waals surface area contributed by atoms with Gasteiger partial charge in [0.25, 0.3) is 11.7 Å². The molecular formula is C16H22F2N2O2S. The van der Waals surface area contributed by atoms with Gasteiger partial charge in [-0.1, -0.05) is 11.8 Å². The van der Waals surface area contributed by atoms with Crippen LogP contribution < -0.4 is 5.32 Å². The van der Waals surface area contributed by atoms with Gasteiger partial charge in [0.15, 0.2) is 0 Å². The van der Waals surface area contributed by atoms with Crippen molar-refractivity contribution in [1.82, 2.24) is 10.2 Å². The van der Waals surface area contributed by atoms with Gasteiger partial charge >= 0.3 is 0 Å². The Balaban J connectivity index is 1.74. The lowest BCUT2D eigenvalue weighted by Crippen LogP contribution is -2.31. The molecule has 0 aliphatic carbocycles. The Kier molecular flexibility index (Phi) is 7.26. The topological polar surface area (TPSA) is 41.6 Å². The Bertz CT molecular complexity index is 499. The van der Waals surface area contributed by atoms with Crippen molar-refractivity contribution < 1.29 is 18.3 Å². The van der Waals surface area contributed by atoms with Crippen LogP contribution in [0.15, 0.2) is 29.2 Å². The van der Waals surface area contributed by atoms with Gasteiger partial charge in [0.05, 0.1) is 6.61 Å². The number of thioether (sulfide) groups is 1. The summed E-state index contributed by atoms with van der Waals surface area (Å²) < 4.78 is 29.6. The fourth-order valence-corrected chi connectivity index (χ4v) is 3.13. The highest BCUT2D eigenvalue weighted by molar-refractivity contribution is 7.99. The maximum absolute atomic E-state index is 12.3. The van der Waals surface area contributed by atoms with Crippen LogP contribution in [0.1, 0.15) is 16.8 Å². The molecule has 0 radical (unpaired) electrons. The van der Waals surface area contributed by atoms with E-state index in [1.807, 2.05) is 0 Å². The van der Waals surface area contributed by atoms with E-state index in [-0.39, 0.29) is 5.91 Å². The third-order valence-electron chi connectivity index (χ3n) is 3.87. The number of rotatable bonds is 8. The average Bonchev–Trinajstić information content (AvgIpc) is 2.98. The quantitative estimate of drug-likeness (QED) is 0.736. The van der Waals surface area contributed by atoms with Gasteiger partial charge in [0.1, 0.15) is 0 Å². The molecule has 1 aromatic rings. The van der Waals surface area contributed by atoms with Crippen molar-refractivity contribution in [1.29, 1.82) is 0 Å². The lowest BCUT2D eigenvalue weighted by Gasteiger charge is -2.15. The highest BCUT2D eigenvalue weighted by Gasteiger charge is 2.22. The maximum atomic E-state index is 12.3. The zero-order valence-electron chi connectivity index (χ0n) is 13.1. The second-order valence-corrected chi connectivity index (χ2v) is 6.62. The minimum absolute atomic E-state index is 0.158. The van der Waals surface area contributed by atoms with E-state index < -0.39 is 5.76 Å². The Labute approximate surface area is 139 Å². The van der Waals surface area contributed by atoms with E-state index in [4.69, 9.17) is 4.74 Å². The number of ether oxygens (including phenoxy) is 1. The van der Waals surface area contributed by atoms with Crippen LogP contribution in [0.25, 0.3) is 0 Å². The number of methoxy groups -OCH3 is 1. The molecule has 1 aliphatic heterocycles. The fourth-order valence-electron chi connectivity index (χ4n) is 2.63. The van der Waals surface area contributed by atoms with Gasteiger partial charge in [0, 0.05) is 37.2 Å². The zero-order chi connectivity index (χ0) is 16.7. The lowest BCUT2D eigenvalue weighted by molar-refractivity contribution is 0.0946.